The summed E-state index contributed by atoms with van der Waals surface area (Å²) in [6, 6.07) is 8.07. The van der Waals surface area contributed by atoms with Gasteiger partial charge in [0.05, 0.1) is 32.7 Å². The van der Waals surface area contributed by atoms with Crippen molar-refractivity contribution in [3.8, 4) is 16.9 Å². The molecular formula is C33H35FN5O5S-. The molecule has 1 unspecified atom stereocenters. The Kier molecular flexibility index (Phi) is 9.06. The predicted octanol–water partition coefficient (Wildman–Crippen LogP) is 6.03. The van der Waals surface area contributed by atoms with Crippen molar-refractivity contribution < 1.29 is 27.8 Å². The number of hydrogen-bond acceptors (Lipinski definition) is 9. The maximum atomic E-state index is 16.0. The van der Waals surface area contributed by atoms with Gasteiger partial charge in [0.2, 0.25) is 0 Å². The van der Waals surface area contributed by atoms with E-state index in [9.17, 15) is 18.7 Å². The van der Waals surface area contributed by atoms with Crippen LogP contribution in [0.25, 0.3) is 22.0 Å². The molecule has 0 amide bonds. The standard InChI is InChI=1S/C33H36FN5O5S/c1-3-27-25(17-36-30(4-2)38-27)19-14-26(34)31-28(15-19)35-18-29(45(42)43)32(31)37-21-12-20(33(40)41)13-24(16-21)44-23-8-10-39(11-9-23)22-6-5-7-22/h12-18,22-23H,3-11H2,1-2H3,(H,35,37)(H,40,41)(H,42,43)/p-1. The highest BCUT2D eigenvalue weighted by atomic mass is 32.2. The second kappa shape index (κ2) is 13.2. The number of likely N-dealkylation sites (tertiary alicyclic amines) is 1. The van der Waals surface area contributed by atoms with E-state index in [4.69, 9.17) is 4.74 Å². The van der Waals surface area contributed by atoms with Crippen LogP contribution in [0, 0.1) is 5.82 Å². The second-order valence-electron chi connectivity index (χ2n) is 11.6. The first-order valence-electron chi connectivity index (χ1n) is 15.4. The highest BCUT2D eigenvalue weighted by Gasteiger charge is 2.29. The lowest BCUT2D eigenvalue weighted by molar-refractivity contribution is 0.0491. The first-order chi connectivity index (χ1) is 21.7. The molecule has 1 aliphatic heterocycles. The van der Waals surface area contributed by atoms with Gasteiger partial charge in [-0.05, 0) is 73.0 Å². The Morgan fingerprint density at radius 3 is 2.51 bits per heavy atom. The topological polar surface area (TPSA) is 141 Å². The van der Waals surface area contributed by atoms with Crippen LogP contribution in [0.4, 0.5) is 15.8 Å². The van der Waals surface area contributed by atoms with Crippen LogP contribution in [0.15, 0.2) is 47.6 Å². The van der Waals surface area contributed by atoms with E-state index in [0.717, 1.165) is 37.8 Å². The Morgan fingerprint density at radius 1 is 1.09 bits per heavy atom. The molecule has 2 fully saturated rings. The number of piperidine rings is 1. The van der Waals surface area contributed by atoms with E-state index >= 15 is 4.39 Å². The van der Waals surface area contributed by atoms with Crippen molar-refractivity contribution in [1.29, 1.82) is 0 Å². The highest BCUT2D eigenvalue weighted by Crippen LogP contribution is 2.37. The minimum absolute atomic E-state index is 0.0452. The Morgan fingerprint density at radius 2 is 1.87 bits per heavy atom. The molecule has 1 saturated heterocycles. The summed E-state index contributed by atoms with van der Waals surface area (Å²) in [5.41, 5.74) is 2.31. The Hall–Kier alpha value is -4.00. The fraction of sp³-hybridized carbons (Fsp3) is 0.394. The quantitative estimate of drug-likeness (QED) is 0.199. The molecule has 2 aromatic carbocycles. The molecule has 1 aliphatic carbocycles. The highest BCUT2D eigenvalue weighted by molar-refractivity contribution is 7.79. The number of aryl methyl sites for hydroxylation is 2. The lowest BCUT2D eigenvalue weighted by atomic mass is 9.90. The molecule has 1 atom stereocenters. The summed E-state index contributed by atoms with van der Waals surface area (Å²) in [6.07, 6.45) is 9.43. The van der Waals surface area contributed by atoms with Crippen molar-refractivity contribution >= 4 is 39.3 Å². The lowest BCUT2D eigenvalue weighted by Crippen LogP contribution is -2.46. The summed E-state index contributed by atoms with van der Waals surface area (Å²) in [6.45, 7) is 5.77. The number of fused-ring (bicyclic) bond motifs is 1. The van der Waals surface area contributed by atoms with Gasteiger partial charge in [0, 0.05) is 55.3 Å². The number of rotatable bonds is 10. The normalized spacial score (nSPS) is 16.8. The van der Waals surface area contributed by atoms with Gasteiger partial charge in [-0.1, -0.05) is 20.3 Å². The molecule has 236 valence electrons. The molecule has 2 aliphatic rings. The third kappa shape index (κ3) is 6.54. The average molecular weight is 633 g/mol. The van der Waals surface area contributed by atoms with E-state index in [2.05, 4.69) is 25.2 Å². The minimum atomic E-state index is -2.77. The SMILES string of the molecule is CCc1ncc(-c2cc(F)c3c(Nc4cc(OC5CCN(C6CCC6)CC5)cc(C(=O)O)c4)c(S(=O)[O-])cnc3c2)c(CC)n1. The number of pyridine rings is 1. The van der Waals surface area contributed by atoms with Gasteiger partial charge in [-0.15, -0.1) is 0 Å². The number of benzene rings is 2. The largest absolute Gasteiger partial charge is 0.768 e. The van der Waals surface area contributed by atoms with Crippen molar-refractivity contribution in [3.05, 3.63) is 65.6 Å². The first kappa shape index (κ1) is 31.0. The van der Waals surface area contributed by atoms with E-state index in [1.807, 2.05) is 13.8 Å². The summed E-state index contributed by atoms with van der Waals surface area (Å²) in [5, 5.41) is 12.8. The van der Waals surface area contributed by atoms with Crippen LogP contribution in [0.2, 0.25) is 0 Å². The smallest absolute Gasteiger partial charge is 0.335 e. The number of aromatic carboxylic acids is 1. The number of nitrogens with zero attached hydrogens (tertiary/aromatic N) is 4. The Bertz CT molecular complexity index is 1770. The first-order valence-corrected chi connectivity index (χ1v) is 16.4. The zero-order valence-electron chi connectivity index (χ0n) is 25.2. The second-order valence-corrected chi connectivity index (χ2v) is 12.5. The van der Waals surface area contributed by atoms with Gasteiger partial charge in [-0.3, -0.25) is 9.19 Å². The van der Waals surface area contributed by atoms with E-state index in [1.54, 1.807) is 18.3 Å². The number of hydrogen-bond donors (Lipinski definition) is 2. The van der Waals surface area contributed by atoms with Crippen molar-refractivity contribution in [2.75, 3.05) is 18.4 Å². The lowest BCUT2D eigenvalue weighted by Gasteiger charge is -2.41. The van der Waals surface area contributed by atoms with Gasteiger partial charge >= 0.3 is 5.97 Å². The van der Waals surface area contributed by atoms with Gasteiger partial charge in [0.15, 0.2) is 0 Å². The average Bonchev–Trinajstić information content (AvgIpc) is 3.00. The molecule has 45 heavy (non-hydrogen) atoms. The third-order valence-electron chi connectivity index (χ3n) is 8.74. The number of carboxylic acid groups (broad SMARTS) is 1. The molecule has 1 saturated carbocycles. The summed E-state index contributed by atoms with van der Waals surface area (Å²) in [4.78, 5) is 27.5. The van der Waals surface area contributed by atoms with E-state index in [1.165, 1.54) is 37.5 Å². The monoisotopic (exact) mass is 632 g/mol. The van der Waals surface area contributed by atoms with Crippen LogP contribution in [0.3, 0.4) is 0 Å². The number of carboxylic acids is 1. The summed E-state index contributed by atoms with van der Waals surface area (Å²) in [7, 11) is 0. The molecule has 2 aromatic heterocycles. The number of anilines is 2. The van der Waals surface area contributed by atoms with Crippen molar-refractivity contribution in [2.24, 2.45) is 0 Å². The predicted molar refractivity (Wildman–Crippen MR) is 168 cm³/mol. The number of halogens is 1. The van der Waals surface area contributed by atoms with Gasteiger partial charge < -0.3 is 24.6 Å². The van der Waals surface area contributed by atoms with Crippen LogP contribution in [-0.4, -0.2) is 64.9 Å². The number of carbonyl (C=O) groups is 1. The number of aromatic nitrogens is 3. The van der Waals surface area contributed by atoms with Crippen LogP contribution in [-0.2, 0) is 23.9 Å². The molecule has 0 spiro atoms. The maximum Gasteiger partial charge on any atom is 0.335 e. The zero-order valence-corrected chi connectivity index (χ0v) is 26.0. The summed E-state index contributed by atoms with van der Waals surface area (Å²) in [5.74, 6) is -0.840. The molecule has 12 heteroatoms. The van der Waals surface area contributed by atoms with Crippen molar-refractivity contribution in [1.82, 2.24) is 19.9 Å². The molecular weight excluding hydrogens is 597 g/mol. The summed E-state index contributed by atoms with van der Waals surface area (Å²) < 4.78 is 46.8. The van der Waals surface area contributed by atoms with E-state index in [-0.39, 0.29) is 38.8 Å². The van der Waals surface area contributed by atoms with Crippen LogP contribution in [0.5, 0.6) is 5.75 Å². The molecule has 6 rings (SSSR count). The number of nitrogens with one attached hydrogen (secondary N) is 1. The Labute approximate surface area is 263 Å². The van der Waals surface area contributed by atoms with Gasteiger partial charge in [-0.25, -0.2) is 19.2 Å². The van der Waals surface area contributed by atoms with Gasteiger partial charge in [0.25, 0.3) is 0 Å². The van der Waals surface area contributed by atoms with Crippen LogP contribution >= 0.6 is 0 Å². The van der Waals surface area contributed by atoms with Crippen molar-refractivity contribution in [3.63, 3.8) is 0 Å². The number of ether oxygens (including phenoxy) is 1. The Balaban J connectivity index is 1.35. The maximum absolute atomic E-state index is 16.0. The molecule has 4 aromatic rings. The van der Waals surface area contributed by atoms with Crippen LogP contribution in [0.1, 0.15) is 67.8 Å². The van der Waals surface area contributed by atoms with E-state index in [0.29, 0.717) is 41.6 Å². The van der Waals surface area contributed by atoms with Crippen molar-refractivity contribution in [2.45, 2.75) is 75.8 Å². The zero-order chi connectivity index (χ0) is 31.7. The third-order valence-corrected chi connectivity index (χ3v) is 9.41. The van der Waals surface area contributed by atoms with Gasteiger partial charge in [-0.2, -0.15) is 0 Å². The molecule has 3 heterocycles. The molecule has 10 nitrogen and oxygen atoms in total. The summed E-state index contributed by atoms with van der Waals surface area (Å²) >= 11 is -2.77. The molecule has 0 bridgehead atoms. The fourth-order valence-electron chi connectivity index (χ4n) is 6.11. The van der Waals surface area contributed by atoms with Crippen LogP contribution < -0.4 is 10.1 Å². The fourth-order valence-corrected chi connectivity index (χ4v) is 6.57. The molecule has 2 N–H and O–H groups in total. The van der Waals surface area contributed by atoms with E-state index < -0.39 is 22.9 Å². The molecule has 0 radical (unpaired) electrons. The van der Waals surface area contributed by atoms with Gasteiger partial charge in [0.1, 0.15) is 23.5 Å². The minimum Gasteiger partial charge on any atom is -0.768 e.